The molecule has 1 aromatic heterocycles. The lowest BCUT2D eigenvalue weighted by Crippen LogP contribution is -2.33. The van der Waals surface area contributed by atoms with Gasteiger partial charge in [-0.25, -0.2) is 0 Å². The highest BCUT2D eigenvalue weighted by molar-refractivity contribution is 5.99. The van der Waals surface area contributed by atoms with Crippen molar-refractivity contribution in [2.75, 3.05) is 19.6 Å². The Morgan fingerprint density at radius 3 is 2.53 bits per heavy atom. The molecule has 5 rings (SSSR count). The number of fused-ring (bicyclic) bond motifs is 2. The summed E-state index contributed by atoms with van der Waals surface area (Å²) in [5, 5.41) is 4.29. The minimum atomic E-state index is 0.0127. The topological polar surface area (TPSA) is 37.3 Å². The van der Waals surface area contributed by atoms with Crippen LogP contribution in [0.25, 0.3) is 10.9 Å². The highest BCUT2D eigenvalue weighted by Gasteiger charge is 2.16. The van der Waals surface area contributed by atoms with Gasteiger partial charge in [0, 0.05) is 54.9 Å². The lowest BCUT2D eigenvalue weighted by atomic mass is 10.00. The molecule has 2 heterocycles. The Morgan fingerprint density at radius 2 is 1.71 bits per heavy atom. The van der Waals surface area contributed by atoms with E-state index in [-0.39, 0.29) is 5.91 Å². The fraction of sp³-hybridized carbons (Fsp3) is 0.300. The van der Waals surface area contributed by atoms with Crippen LogP contribution in [0.5, 0.6) is 0 Å². The summed E-state index contributed by atoms with van der Waals surface area (Å²) >= 11 is 0. The lowest BCUT2D eigenvalue weighted by Gasteiger charge is -2.28. The monoisotopic (exact) mass is 451 g/mol. The predicted molar refractivity (Wildman–Crippen MR) is 139 cm³/mol. The van der Waals surface area contributed by atoms with Gasteiger partial charge in [0.2, 0.25) is 0 Å². The maximum absolute atomic E-state index is 12.9. The molecule has 0 saturated carbocycles. The van der Waals surface area contributed by atoms with Crippen molar-refractivity contribution < 1.29 is 4.79 Å². The Hall–Kier alpha value is -3.37. The van der Waals surface area contributed by atoms with Crippen LogP contribution in [0.1, 0.15) is 44.7 Å². The molecule has 3 aromatic carbocycles. The smallest absolute Gasteiger partial charge is 0.251 e. The van der Waals surface area contributed by atoms with Crippen LogP contribution in [0.15, 0.2) is 72.8 Å². The zero-order valence-electron chi connectivity index (χ0n) is 20.2. The van der Waals surface area contributed by atoms with Crippen molar-refractivity contribution in [3.8, 4) is 0 Å². The highest BCUT2D eigenvalue weighted by Crippen LogP contribution is 2.27. The summed E-state index contributed by atoms with van der Waals surface area (Å²) in [4.78, 5) is 15.4. The molecule has 0 fully saturated rings. The largest absolute Gasteiger partial charge is 0.352 e. The number of hydrogen-bond donors (Lipinski definition) is 1. The quantitative estimate of drug-likeness (QED) is 0.378. The summed E-state index contributed by atoms with van der Waals surface area (Å²) in [6.45, 7) is 8.97. The predicted octanol–water partition coefficient (Wildman–Crippen LogP) is 5.48. The van der Waals surface area contributed by atoms with Gasteiger partial charge in [-0.15, -0.1) is 0 Å². The second kappa shape index (κ2) is 9.86. The summed E-state index contributed by atoms with van der Waals surface area (Å²) in [6, 6.07) is 25.3. The molecule has 1 amide bonds. The van der Waals surface area contributed by atoms with Crippen LogP contribution >= 0.6 is 0 Å². The highest BCUT2D eigenvalue weighted by atomic mass is 16.1. The summed E-state index contributed by atoms with van der Waals surface area (Å²) < 4.78 is 2.35. The van der Waals surface area contributed by atoms with Crippen molar-refractivity contribution in [1.29, 1.82) is 0 Å². The molecule has 0 bridgehead atoms. The SMILES string of the molecule is Cc1c(C)n(Cc2ccccc2)c2ccc(C(=O)NCCCN3CCc4ccccc4C3)cc12. The van der Waals surface area contributed by atoms with E-state index in [1.165, 1.54) is 33.5 Å². The molecule has 0 spiro atoms. The maximum Gasteiger partial charge on any atom is 0.251 e. The lowest BCUT2D eigenvalue weighted by molar-refractivity contribution is 0.0951. The van der Waals surface area contributed by atoms with Crippen molar-refractivity contribution in [3.63, 3.8) is 0 Å². The van der Waals surface area contributed by atoms with Gasteiger partial charge < -0.3 is 9.88 Å². The second-order valence-electron chi connectivity index (χ2n) is 9.42. The summed E-state index contributed by atoms with van der Waals surface area (Å²) in [6.07, 6.45) is 2.08. The number of carbonyl (C=O) groups excluding carboxylic acids is 1. The van der Waals surface area contributed by atoms with Crippen LogP contribution in [0, 0.1) is 13.8 Å². The van der Waals surface area contributed by atoms with E-state index in [1.807, 2.05) is 12.1 Å². The Kier molecular flexibility index (Phi) is 6.50. The zero-order chi connectivity index (χ0) is 23.5. The van der Waals surface area contributed by atoms with E-state index in [2.05, 4.69) is 89.3 Å². The first kappa shape index (κ1) is 22.4. The maximum atomic E-state index is 12.9. The number of rotatable bonds is 7. The van der Waals surface area contributed by atoms with Gasteiger partial charge in [-0.1, -0.05) is 54.6 Å². The number of carbonyl (C=O) groups is 1. The number of nitrogens with zero attached hydrogens (tertiary/aromatic N) is 2. The van der Waals surface area contributed by atoms with Gasteiger partial charge >= 0.3 is 0 Å². The second-order valence-corrected chi connectivity index (χ2v) is 9.42. The van der Waals surface area contributed by atoms with Gasteiger partial charge in [-0.2, -0.15) is 0 Å². The molecule has 4 aromatic rings. The Balaban J connectivity index is 1.20. The molecule has 0 aliphatic carbocycles. The molecule has 34 heavy (non-hydrogen) atoms. The molecule has 1 aliphatic heterocycles. The first-order valence-electron chi connectivity index (χ1n) is 12.3. The Morgan fingerprint density at radius 1 is 0.941 bits per heavy atom. The number of nitrogens with one attached hydrogen (secondary N) is 1. The molecule has 1 N–H and O–H groups in total. The van der Waals surface area contributed by atoms with Gasteiger partial charge in [0.1, 0.15) is 0 Å². The van der Waals surface area contributed by atoms with Crippen molar-refractivity contribution in [2.45, 2.75) is 39.8 Å². The Bertz CT molecular complexity index is 1310. The molecule has 174 valence electrons. The van der Waals surface area contributed by atoms with E-state index in [4.69, 9.17) is 0 Å². The first-order chi connectivity index (χ1) is 16.6. The molecule has 0 atom stereocenters. The third kappa shape index (κ3) is 4.64. The molecule has 0 saturated heterocycles. The van der Waals surface area contributed by atoms with E-state index in [9.17, 15) is 4.79 Å². The number of aromatic nitrogens is 1. The van der Waals surface area contributed by atoms with Crippen LogP contribution < -0.4 is 5.32 Å². The minimum absolute atomic E-state index is 0.0127. The Labute approximate surface area is 202 Å². The van der Waals surface area contributed by atoms with Gasteiger partial charge in [0.05, 0.1) is 0 Å². The average Bonchev–Trinajstić information content (AvgIpc) is 3.11. The van der Waals surface area contributed by atoms with Crippen LogP contribution in [-0.2, 0) is 19.5 Å². The molecule has 1 aliphatic rings. The van der Waals surface area contributed by atoms with E-state index < -0.39 is 0 Å². The van der Waals surface area contributed by atoms with E-state index in [0.717, 1.165) is 50.0 Å². The van der Waals surface area contributed by atoms with Crippen molar-refractivity contribution >= 4 is 16.8 Å². The fourth-order valence-electron chi connectivity index (χ4n) is 5.11. The van der Waals surface area contributed by atoms with Gasteiger partial charge in [0.15, 0.2) is 0 Å². The molecular formula is C30H33N3O. The zero-order valence-corrected chi connectivity index (χ0v) is 20.2. The van der Waals surface area contributed by atoms with Crippen molar-refractivity contribution in [2.24, 2.45) is 0 Å². The van der Waals surface area contributed by atoms with Gasteiger partial charge in [0.25, 0.3) is 5.91 Å². The standard InChI is InChI=1S/C30H33N3O/c1-22-23(2)33(20-24-9-4-3-5-10-24)29-14-13-26(19-28(22)29)30(34)31-16-8-17-32-18-15-25-11-6-7-12-27(25)21-32/h3-7,9-14,19H,8,15-18,20-21H2,1-2H3,(H,31,34). The molecule has 0 radical (unpaired) electrons. The van der Waals surface area contributed by atoms with Crippen molar-refractivity contribution in [3.05, 3.63) is 106 Å². The van der Waals surface area contributed by atoms with Gasteiger partial charge in [-0.05, 0) is 67.1 Å². The van der Waals surface area contributed by atoms with E-state index in [1.54, 1.807) is 0 Å². The number of hydrogen-bond acceptors (Lipinski definition) is 2. The molecule has 4 nitrogen and oxygen atoms in total. The fourth-order valence-corrected chi connectivity index (χ4v) is 5.11. The van der Waals surface area contributed by atoms with Crippen molar-refractivity contribution in [1.82, 2.24) is 14.8 Å². The van der Waals surface area contributed by atoms with Crippen LogP contribution in [0.3, 0.4) is 0 Å². The van der Waals surface area contributed by atoms with Crippen LogP contribution in [0.2, 0.25) is 0 Å². The average molecular weight is 452 g/mol. The van der Waals surface area contributed by atoms with E-state index in [0.29, 0.717) is 6.54 Å². The first-order valence-corrected chi connectivity index (χ1v) is 12.3. The molecule has 4 heteroatoms. The van der Waals surface area contributed by atoms with Crippen LogP contribution in [0.4, 0.5) is 0 Å². The summed E-state index contributed by atoms with van der Waals surface area (Å²) in [7, 11) is 0. The third-order valence-corrected chi connectivity index (χ3v) is 7.23. The minimum Gasteiger partial charge on any atom is -0.352 e. The molecule has 0 unspecified atom stereocenters. The van der Waals surface area contributed by atoms with Gasteiger partial charge in [-0.3, -0.25) is 9.69 Å². The normalized spacial score (nSPS) is 13.7. The summed E-state index contributed by atoms with van der Waals surface area (Å²) in [5.41, 5.74) is 8.61. The number of aryl methyl sites for hydroxylation is 1. The number of amides is 1. The van der Waals surface area contributed by atoms with Crippen LogP contribution in [-0.4, -0.2) is 35.0 Å². The third-order valence-electron chi connectivity index (χ3n) is 7.23. The molecular weight excluding hydrogens is 418 g/mol. The summed E-state index contributed by atoms with van der Waals surface area (Å²) in [5.74, 6) is 0.0127. The number of benzene rings is 3. The van der Waals surface area contributed by atoms with E-state index >= 15 is 0 Å².